The first-order valence-corrected chi connectivity index (χ1v) is 11.1. The molecule has 0 spiro atoms. The Morgan fingerprint density at radius 3 is 2.47 bits per heavy atom. The van der Waals surface area contributed by atoms with Gasteiger partial charge in [0.05, 0.1) is 17.6 Å². The van der Waals surface area contributed by atoms with E-state index >= 15 is 0 Å². The molecule has 1 aliphatic carbocycles. The summed E-state index contributed by atoms with van der Waals surface area (Å²) in [4.78, 5) is 25.7. The van der Waals surface area contributed by atoms with Crippen LogP contribution in [0.4, 0.5) is 10.5 Å². The van der Waals surface area contributed by atoms with E-state index in [1.54, 1.807) is 4.90 Å². The lowest BCUT2D eigenvalue weighted by molar-refractivity contribution is 0.0240. The molecule has 1 saturated heterocycles. The van der Waals surface area contributed by atoms with Gasteiger partial charge in [0.1, 0.15) is 5.60 Å². The van der Waals surface area contributed by atoms with Gasteiger partial charge in [-0.2, -0.15) is 0 Å². The van der Waals surface area contributed by atoms with Gasteiger partial charge in [0, 0.05) is 56.1 Å². The second-order valence-electron chi connectivity index (χ2n) is 9.36. The molecule has 0 radical (unpaired) electrons. The number of ether oxygens (including phenoxy) is 1. The fourth-order valence-electron chi connectivity index (χ4n) is 4.59. The highest BCUT2D eigenvalue weighted by atomic mass is 16.6. The van der Waals surface area contributed by atoms with Gasteiger partial charge in [0.2, 0.25) is 0 Å². The third-order valence-electron chi connectivity index (χ3n) is 6.04. The molecule has 6 heteroatoms. The molecular weight excluding hydrogens is 400 g/mol. The van der Waals surface area contributed by atoms with E-state index in [2.05, 4.69) is 51.3 Å². The Morgan fingerprint density at radius 1 is 0.938 bits per heavy atom. The number of nitrogens with zero attached hydrogens (tertiary/aromatic N) is 4. The van der Waals surface area contributed by atoms with Gasteiger partial charge in [-0.1, -0.05) is 24.3 Å². The standard InChI is InChI=1S/C26H28N4O2/c1-26(2,3)32-25(31)30-14-12-29(13-15-30)23-17-27-10-8-20(23)21-9-11-28-22-16-18-6-4-5-7-19(18)24(21)22/h4-11,17H,12-16H2,1-3H3. The second kappa shape index (κ2) is 7.93. The zero-order valence-electron chi connectivity index (χ0n) is 18.8. The number of hydrogen-bond acceptors (Lipinski definition) is 5. The fourth-order valence-corrected chi connectivity index (χ4v) is 4.59. The highest BCUT2D eigenvalue weighted by Gasteiger charge is 2.28. The number of carbonyl (C=O) groups excluding carboxylic acids is 1. The first-order valence-electron chi connectivity index (χ1n) is 11.1. The zero-order valence-corrected chi connectivity index (χ0v) is 18.8. The number of piperazine rings is 1. The van der Waals surface area contributed by atoms with Gasteiger partial charge in [-0.05, 0) is 49.6 Å². The zero-order chi connectivity index (χ0) is 22.3. The number of benzene rings is 1. The van der Waals surface area contributed by atoms with Gasteiger partial charge in [-0.15, -0.1) is 0 Å². The number of amides is 1. The van der Waals surface area contributed by atoms with Crippen molar-refractivity contribution in [2.75, 3.05) is 31.1 Å². The van der Waals surface area contributed by atoms with Crippen LogP contribution >= 0.6 is 0 Å². The maximum absolute atomic E-state index is 12.5. The van der Waals surface area contributed by atoms with E-state index in [9.17, 15) is 4.79 Å². The van der Waals surface area contributed by atoms with Crippen LogP contribution in [0, 0.1) is 0 Å². The molecule has 3 heterocycles. The van der Waals surface area contributed by atoms with Crippen molar-refractivity contribution in [1.29, 1.82) is 0 Å². The number of carbonyl (C=O) groups is 1. The first-order chi connectivity index (χ1) is 15.4. The van der Waals surface area contributed by atoms with Crippen molar-refractivity contribution in [3.63, 3.8) is 0 Å². The van der Waals surface area contributed by atoms with Crippen LogP contribution in [0.2, 0.25) is 0 Å². The van der Waals surface area contributed by atoms with E-state index < -0.39 is 5.60 Å². The minimum absolute atomic E-state index is 0.243. The average molecular weight is 429 g/mol. The highest BCUT2D eigenvalue weighted by Crippen LogP contribution is 2.44. The Morgan fingerprint density at radius 2 is 1.69 bits per heavy atom. The molecule has 6 nitrogen and oxygen atoms in total. The molecular formula is C26H28N4O2. The van der Waals surface area contributed by atoms with Crippen LogP contribution in [0.3, 0.4) is 0 Å². The summed E-state index contributed by atoms with van der Waals surface area (Å²) in [6, 6.07) is 12.8. The SMILES string of the molecule is CC(C)(C)OC(=O)N1CCN(c2cnccc2-c2ccnc3c2-c2ccccc2C3)CC1. The lowest BCUT2D eigenvalue weighted by Gasteiger charge is -2.37. The molecule has 1 amide bonds. The number of hydrogen-bond donors (Lipinski definition) is 0. The summed E-state index contributed by atoms with van der Waals surface area (Å²) < 4.78 is 5.54. The Hall–Kier alpha value is -3.41. The monoisotopic (exact) mass is 428 g/mol. The molecule has 0 saturated carbocycles. The van der Waals surface area contributed by atoms with Crippen LogP contribution in [0.1, 0.15) is 32.0 Å². The van der Waals surface area contributed by atoms with Crippen LogP contribution in [0.25, 0.3) is 22.3 Å². The lowest BCUT2D eigenvalue weighted by atomic mass is 9.96. The molecule has 0 bridgehead atoms. The maximum Gasteiger partial charge on any atom is 0.410 e. The summed E-state index contributed by atoms with van der Waals surface area (Å²) in [7, 11) is 0. The normalized spacial score (nSPS) is 15.3. The second-order valence-corrected chi connectivity index (χ2v) is 9.36. The quantitative estimate of drug-likeness (QED) is 0.460. The molecule has 5 rings (SSSR count). The molecule has 0 atom stereocenters. The van der Waals surface area contributed by atoms with E-state index in [0.717, 1.165) is 36.5 Å². The van der Waals surface area contributed by atoms with Crippen molar-refractivity contribution < 1.29 is 9.53 Å². The van der Waals surface area contributed by atoms with E-state index in [4.69, 9.17) is 4.74 Å². The van der Waals surface area contributed by atoms with E-state index in [0.29, 0.717) is 13.1 Å². The van der Waals surface area contributed by atoms with Crippen LogP contribution in [0.5, 0.6) is 0 Å². The highest BCUT2D eigenvalue weighted by molar-refractivity contribution is 5.93. The summed E-state index contributed by atoms with van der Waals surface area (Å²) in [5.74, 6) is 0. The molecule has 164 valence electrons. The molecule has 32 heavy (non-hydrogen) atoms. The Labute approximate surface area is 188 Å². The third kappa shape index (κ3) is 3.81. The largest absolute Gasteiger partial charge is 0.444 e. The van der Waals surface area contributed by atoms with Crippen molar-refractivity contribution in [2.24, 2.45) is 0 Å². The van der Waals surface area contributed by atoms with Crippen LogP contribution in [-0.2, 0) is 11.2 Å². The van der Waals surface area contributed by atoms with E-state index in [1.165, 1.54) is 22.3 Å². The number of rotatable bonds is 2. The van der Waals surface area contributed by atoms with Crippen molar-refractivity contribution in [2.45, 2.75) is 32.8 Å². The average Bonchev–Trinajstić information content (AvgIpc) is 3.17. The predicted molar refractivity (Wildman–Crippen MR) is 126 cm³/mol. The minimum atomic E-state index is -0.483. The summed E-state index contributed by atoms with van der Waals surface area (Å²) in [5, 5.41) is 0. The van der Waals surface area contributed by atoms with Gasteiger partial charge in [-0.3, -0.25) is 9.97 Å². The maximum atomic E-state index is 12.5. The predicted octanol–water partition coefficient (Wildman–Crippen LogP) is 4.77. The minimum Gasteiger partial charge on any atom is -0.444 e. The molecule has 0 unspecified atom stereocenters. The summed E-state index contributed by atoms with van der Waals surface area (Å²) in [6.07, 6.45) is 6.32. The van der Waals surface area contributed by atoms with Crippen molar-refractivity contribution in [3.05, 3.63) is 66.2 Å². The summed E-state index contributed by atoms with van der Waals surface area (Å²) in [6.45, 7) is 8.42. The van der Waals surface area contributed by atoms with Crippen LogP contribution in [0.15, 0.2) is 55.0 Å². The lowest BCUT2D eigenvalue weighted by Crippen LogP contribution is -2.50. The Balaban J connectivity index is 1.43. The number of pyridine rings is 2. The van der Waals surface area contributed by atoms with Gasteiger partial charge < -0.3 is 14.5 Å². The fraction of sp³-hybridized carbons (Fsp3) is 0.346. The van der Waals surface area contributed by atoms with Gasteiger partial charge in [-0.25, -0.2) is 4.79 Å². The molecule has 0 N–H and O–H groups in total. The van der Waals surface area contributed by atoms with Crippen molar-refractivity contribution in [1.82, 2.24) is 14.9 Å². The van der Waals surface area contributed by atoms with E-state index in [-0.39, 0.29) is 6.09 Å². The molecule has 2 aromatic heterocycles. The first kappa shape index (κ1) is 20.5. The number of fused-ring (bicyclic) bond motifs is 3. The molecule has 2 aliphatic rings. The Bertz CT molecular complexity index is 1160. The molecule has 3 aromatic rings. The van der Waals surface area contributed by atoms with Gasteiger partial charge >= 0.3 is 6.09 Å². The van der Waals surface area contributed by atoms with Gasteiger partial charge in [0.25, 0.3) is 0 Å². The van der Waals surface area contributed by atoms with Crippen LogP contribution < -0.4 is 4.90 Å². The third-order valence-corrected chi connectivity index (χ3v) is 6.04. The van der Waals surface area contributed by atoms with Crippen molar-refractivity contribution in [3.8, 4) is 22.3 Å². The molecule has 1 fully saturated rings. The van der Waals surface area contributed by atoms with Crippen molar-refractivity contribution >= 4 is 11.8 Å². The van der Waals surface area contributed by atoms with Crippen LogP contribution in [-0.4, -0.2) is 52.7 Å². The molecule has 1 aromatic carbocycles. The summed E-state index contributed by atoms with van der Waals surface area (Å²) >= 11 is 0. The Kier molecular flexibility index (Phi) is 5.08. The molecule has 1 aliphatic heterocycles. The number of aromatic nitrogens is 2. The number of anilines is 1. The van der Waals surface area contributed by atoms with E-state index in [1.807, 2.05) is 39.4 Å². The van der Waals surface area contributed by atoms with Gasteiger partial charge in [0.15, 0.2) is 0 Å². The topological polar surface area (TPSA) is 58.6 Å². The summed E-state index contributed by atoms with van der Waals surface area (Å²) in [5.41, 5.74) is 7.89. The smallest absolute Gasteiger partial charge is 0.410 e.